The molecule has 0 saturated carbocycles. The average Bonchev–Trinajstić information content (AvgIpc) is 2.64. The minimum Gasteiger partial charge on any atom is -0.214 e. The van der Waals surface area contributed by atoms with Gasteiger partial charge in [0.15, 0.2) is 0 Å². The van der Waals surface area contributed by atoms with Crippen LogP contribution in [0.1, 0.15) is 11.1 Å². The number of rotatable bonds is 0. The monoisotopic (exact) mass is 286 g/mol. The van der Waals surface area contributed by atoms with Crippen molar-refractivity contribution in [3.05, 3.63) is 47.5 Å². The third-order valence-corrected chi connectivity index (χ3v) is 2.74. The molecule has 0 amide bonds. The van der Waals surface area contributed by atoms with Gasteiger partial charge in [0.05, 0.1) is 0 Å². The predicted molar refractivity (Wildman–Crippen MR) is 74.7 cm³/mol. The lowest BCUT2D eigenvalue weighted by molar-refractivity contribution is 1.02. The molecular formula is C12H10AlCl3. The number of hydrogen-bond acceptors (Lipinski definition) is 0. The van der Waals surface area contributed by atoms with Crippen LogP contribution in [0.15, 0.2) is 36.4 Å². The molecule has 1 aliphatic carbocycles. The number of benzene rings is 2. The quantitative estimate of drug-likeness (QED) is 0.620. The van der Waals surface area contributed by atoms with E-state index in [1.165, 1.54) is 34.7 Å². The maximum absolute atomic E-state index is 4.94. The molecule has 0 nitrogen and oxygen atoms in total. The van der Waals surface area contributed by atoms with E-state index in [1.54, 1.807) is 0 Å². The molecule has 2 aromatic carbocycles. The number of halogens is 3. The van der Waals surface area contributed by atoms with Crippen LogP contribution < -0.4 is 0 Å². The topological polar surface area (TPSA) is 0 Å². The molecule has 0 heterocycles. The van der Waals surface area contributed by atoms with Gasteiger partial charge in [0.1, 0.15) is 0 Å². The third kappa shape index (κ3) is 2.86. The zero-order valence-electron chi connectivity index (χ0n) is 8.59. The molecule has 2 aromatic rings. The molecule has 0 N–H and O–H groups in total. The second kappa shape index (κ2) is 5.63. The molecule has 3 rings (SSSR count). The Morgan fingerprint density at radius 1 is 0.812 bits per heavy atom. The van der Waals surface area contributed by atoms with E-state index in [1.807, 2.05) is 0 Å². The minimum atomic E-state index is -1.72. The lowest BCUT2D eigenvalue weighted by Crippen LogP contribution is -1.76. The summed E-state index contributed by atoms with van der Waals surface area (Å²) in [5.41, 5.74) is 3.06. The molecule has 4 heteroatoms. The Balaban J connectivity index is 0.000000212. The molecule has 0 fully saturated rings. The van der Waals surface area contributed by atoms with Gasteiger partial charge in [-0.15, -0.1) is 0 Å². The highest BCUT2D eigenvalue weighted by molar-refractivity contribution is 7.54. The Hall–Kier alpha value is 0.102. The Labute approximate surface area is 112 Å². The van der Waals surface area contributed by atoms with Crippen molar-refractivity contribution in [3.63, 3.8) is 0 Å². The first-order valence-electron chi connectivity index (χ1n) is 5.10. The normalized spacial score (nSPS) is 12.2. The molecule has 0 aliphatic heterocycles. The zero-order chi connectivity index (χ0) is 11.5. The van der Waals surface area contributed by atoms with Gasteiger partial charge < -0.3 is 0 Å². The van der Waals surface area contributed by atoms with Gasteiger partial charge in [-0.2, -0.15) is 0 Å². The Kier molecular flexibility index (Phi) is 4.42. The summed E-state index contributed by atoms with van der Waals surface area (Å²) in [7, 11) is 14.8. The smallest absolute Gasteiger partial charge is 0.214 e. The lowest BCUT2D eigenvalue weighted by Gasteiger charge is -1.99. The lowest BCUT2D eigenvalue weighted by atomic mass is 10.1. The van der Waals surface area contributed by atoms with Crippen molar-refractivity contribution in [1.29, 1.82) is 0 Å². The number of hydrogen-bond donors (Lipinski definition) is 0. The van der Waals surface area contributed by atoms with Gasteiger partial charge >= 0.3 is 11.4 Å². The fourth-order valence-corrected chi connectivity index (χ4v) is 2.19. The van der Waals surface area contributed by atoms with Gasteiger partial charge in [-0.3, -0.25) is 0 Å². The van der Waals surface area contributed by atoms with Crippen molar-refractivity contribution >= 4 is 52.3 Å². The van der Waals surface area contributed by atoms with Gasteiger partial charge in [-0.05, 0) is 34.7 Å². The molecule has 0 radical (unpaired) electrons. The van der Waals surface area contributed by atoms with Crippen LogP contribution in [0.2, 0.25) is 0 Å². The molecule has 0 aromatic heterocycles. The number of aryl methyl sites for hydroxylation is 2. The summed E-state index contributed by atoms with van der Waals surface area (Å²) in [5, 5.41) is 2.92. The van der Waals surface area contributed by atoms with Crippen LogP contribution in [0.5, 0.6) is 0 Å². The first-order valence-corrected chi connectivity index (χ1v) is 10.3. The third-order valence-electron chi connectivity index (χ3n) is 2.74. The van der Waals surface area contributed by atoms with Crippen LogP contribution >= 0.6 is 30.1 Å². The van der Waals surface area contributed by atoms with E-state index in [4.69, 9.17) is 30.1 Å². The van der Waals surface area contributed by atoms with E-state index in [0.717, 1.165) is 0 Å². The van der Waals surface area contributed by atoms with Gasteiger partial charge in [0.25, 0.3) is 0 Å². The average molecular weight is 288 g/mol. The second-order valence-electron chi connectivity index (χ2n) is 3.68. The van der Waals surface area contributed by atoms with Crippen molar-refractivity contribution in [3.8, 4) is 0 Å². The first kappa shape index (κ1) is 12.6. The SMILES string of the molecule is [Cl][Al]([Cl])[Cl].c1cc2c3c(cccc3c1)CC2. The molecule has 0 unspecified atom stereocenters. The maximum Gasteiger partial charge on any atom is 0.643 e. The summed E-state index contributed by atoms with van der Waals surface area (Å²) in [4.78, 5) is 0. The largest absolute Gasteiger partial charge is 0.643 e. The van der Waals surface area contributed by atoms with Crippen molar-refractivity contribution in [2.75, 3.05) is 0 Å². The van der Waals surface area contributed by atoms with Gasteiger partial charge in [0.2, 0.25) is 0 Å². The maximum atomic E-state index is 4.94. The fraction of sp³-hybridized carbons (Fsp3) is 0.167. The Morgan fingerprint density at radius 3 is 1.69 bits per heavy atom. The molecule has 0 atom stereocenters. The van der Waals surface area contributed by atoms with Crippen LogP contribution in [0, 0.1) is 0 Å². The molecule has 0 saturated heterocycles. The summed E-state index contributed by atoms with van der Waals surface area (Å²) in [6, 6.07) is 13.2. The van der Waals surface area contributed by atoms with E-state index in [2.05, 4.69) is 36.4 Å². The highest BCUT2D eigenvalue weighted by atomic mass is 35.8. The zero-order valence-corrected chi connectivity index (χ0v) is 12.0. The highest BCUT2D eigenvalue weighted by Crippen LogP contribution is 2.29. The Morgan fingerprint density at radius 2 is 1.25 bits per heavy atom. The van der Waals surface area contributed by atoms with Gasteiger partial charge in [-0.1, -0.05) is 36.4 Å². The summed E-state index contributed by atoms with van der Waals surface area (Å²) in [6.07, 6.45) is 2.47. The summed E-state index contributed by atoms with van der Waals surface area (Å²) < 4.78 is 0. The van der Waals surface area contributed by atoms with E-state index >= 15 is 0 Å². The van der Waals surface area contributed by atoms with Crippen LogP contribution in [0.25, 0.3) is 10.8 Å². The summed E-state index contributed by atoms with van der Waals surface area (Å²) in [6.45, 7) is 0. The van der Waals surface area contributed by atoms with Crippen molar-refractivity contribution in [2.45, 2.75) is 12.8 Å². The summed E-state index contributed by atoms with van der Waals surface area (Å²) >= 11 is -1.72. The molecule has 1 aliphatic rings. The van der Waals surface area contributed by atoms with Crippen LogP contribution in [0.4, 0.5) is 0 Å². The molecule has 82 valence electrons. The molecule has 0 spiro atoms. The summed E-state index contributed by atoms with van der Waals surface area (Å²) in [5.74, 6) is 0. The van der Waals surface area contributed by atoms with Crippen molar-refractivity contribution in [2.24, 2.45) is 0 Å². The van der Waals surface area contributed by atoms with Gasteiger partial charge in [-0.25, -0.2) is 30.1 Å². The highest BCUT2D eigenvalue weighted by Gasteiger charge is 2.11. The van der Waals surface area contributed by atoms with Gasteiger partial charge in [0, 0.05) is 0 Å². The standard InChI is InChI=1S/C12H10.Al.3ClH/c1-3-9-4-2-6-11-8-7-10(5-1)12(9)11;;;;/h1-6H,7-8H2;;3*1H/q;+3;;;/p-3. The van der Waals surface area contributed by atoms with E-state index < -0.39 is 11.4 Å². The molecule has 16 heavy (non-hydrogen) atoms. The van der Waals surface area contributed by atoms with Crippen LogP contribution in [-0.2, 0) is 12.8 Å². The predicted octanol–water partition coefficient (Wildman–Crippen LogP) is 4.63. The van der Waals surface area contributed by atoms with E-state index in [9.17, 15) is 0 Å². The van der Waals surface area contributed by atoms with Crippen LogP contribution in [-0.4, -0.2) is 11.4 Å². The Bertz CT molecular complexity index is 455. The van der Waals surface area contributed by atoms with E-state index in [-0.39, 0.29) is 0 Å². The first-order chi connectivity index (χ1) is 7.68. The van der Waals surface area contributed by atoms with Crippen molar-refractivity contribution in [1.82, 2.24) is 0 Å². The van der Waals surface area contributed by atoms with E-state index in [0.29, 0.717) is 0 Å². The minimum absolute atomic E-state index is 1.23. The second-order valence-corrected chi connectivity index (χ2v) is 10.1. The molecular weight excluding hydrogens is 277 g/mol. The van der Waals surface area contributed by atoms with Crippen LogP contribution in [0.3, 0.4) is 0 Å². The van der Waals surface area contributed by atoms with Crippen molar-refractivity contribution < 1.29 is 0 Å². The fourth-order valence-electron chi connectivity index (χ4n) is 2.19. The molecule has 0 bridgehead atoms.